The van der Waals surface area contributed by atoms with Crippen molar-refractivity contribution in [2.45, 2.75) is 13.0 Å². The van der Waals surface area contributed by atoms with Crippen molar-refractivity contribution in [1.29, 1.82) is 0 Å². The molecule has 3 rings (SSSR count). The van der Waals surface area contributed by atoms with Gasteiger partial charge in [0.2, 0.25) is 5.91 Å². The molecule has 0 aliphatic carbocycles. The lowest BCUT2D eigenvalue weighted by Crippen LogP contribution is -2.24. The zero-order valence-corrected chi connectivity index (χ0v) is 13.2. The Balaban J connectivity index is 1.56. The maximum atomic E-state index is 12.0. The molecule has 1 N–H and O–H groups in total. The second-order valence-corrected chi connectivity index (χ2v) is 5.59. The molecule has 0 bridgehead atoms. The number of benzene rings is 2. The van der Waals surface area contributed by atoms with E-state index >= 15 is 0 Å². The van der Waals surface area contributed by atoms with Gasteiger partial charge in [-0.2, -0.15) is 0 Å². The molecule has 23 heavy (non-hydrogen) atoms. The third kappa shape index (κ3) is 3.99. The Labute approximate surface area is 139 Å². The number of rotatable bonds is 5. The Morgan fingerprint density at radius 1 is 1.13 bits per heavy atom. The highest BCUT2D eigenvalue weighted by Gasteiger charge is 2.06. The molecule has 0 fully saturated rings. The van der Waals surface area contributed by atoms with Crippen LogP contribution >= 0.6 is 11.6 Å². The van der Waals surface area contributed by atoms with Gasteiger partial charge in [-0.25, -0.2) is 4.98 Å². The summed E-state index contributed by atoms with van der Waals surface area (Å²) >= 11 is 6.06. The van der Waals surface area contributed by atoms with Crippen LogP contribution in [0.3, 0.4) is 0 Å². The minimum atomic E-state index is -0.0446. The highest BCUT2D eigenvalue weighted by molar-refractivity contribution is 6.31. The first kappa shape index (κ1) is 15.3. The van der Waals surface area contributed by atoms with E-state index in [2.05, 4.69) is 10.3 Å². The minimum Gasteiger partial charge on any atom is -0.352 e. The Morgan fingerprint density at radius 3 is 2.61 bits per heavy atom. The van der Waals surface area contributed by atoms with Gasteiger partial charge in [-0.3, -0.25) is 4.79 Å². The first-order chi connectivity index (χ1) is 11.2. The quantitative estimate of drug-likeness (QED) is 0.781. The van der Waals surface area contributed by atoms with Gasteiger partial charge in [0.1, 0.15) is 0 Å². The Hall–Kier alpha value is -2.59. The Kier molecular flexibility index (Phi) is 4.74. The molecule has 0 saturated carbocycles. The van der Waals surface area contributed by atoms with E-state index in [-0.39, 0.29) is 12.3 Å². The average Bonchev–Trinajstić information content (AvgIpc) is 3.10. The third-order valence-corrected chi connectivity index (χ3v) is 3.91. The highest BCUT2D eigenvalue weighted by Crippen LogP contribution is 2.15. The molecule has 2 aromatic carbocycles. The van der Waals surface area contributed by atoms with E-state index in [1.54, 1.807) is 18.6 Å². The molecule has 4 nitrogen and oxygen atoms in total. The van der Waals surface area contributed by atoms with Crippen molar-refractivity contribution in [2.24, 2.45) is 0 Å². The lowest BCUT2D eigenvalue weighted by atomic mass is 10.1. The van der Waals surface area contributed by atoms with E-state index in [0.29, 0.717) is 11.6 Å². The summed E-state index contributed by atoms with van der Waals surface area (Å²) in [5.41, 5.74) is 2.91. The predicted octanol–water partition coefficient (Wildman–Crippen LogP) is 3.38. The number of carbonyl (C=O) groups excluding carboxylic acids is 1. The zero-order valence-electron chi connectivity index (χ0n) is 12.4. The SMILES string of the molecule is O=C(Cc1ccccc1Cl)NCc1ccc(-n2ccnc2)cc1. The van der Waals surface area contributed by atoms with E-state index in [9.17, 15) is 4.79 Å². The number of halogens is 1. The molecule has 0 unspecified atom stereocenters. The molecule has 1 heterocycles. The average molecular weight is 326 g/mol. The number of carbonyl (C=O) groups is 1. The Morgan fingerprint density at radius 2 is 1.91 bits per heavy atom. The molecule has 0 aliphatic heterocycles. The Bertz CT molecular complexity index is 782. The van der Waals surface area contributed by atoms with Crippen LogP contribution in [0.4, 0.5) is 0 Å². The van der Waals surface area contributed by atoms with E-state index in [0.717, 1.165) is 16.8 Å². The molecule has 3 aromatic rings. The molecule has 0 saturated heterocycles. The normalized spacial score (nSPS) is 10.5. The number of nitrogens with zero attached hydrogens (tertiary/aromatic N) is 2. The largest absolute Gasteiger partial charge is 0.352 e. The van der Waals surface area contributed by atoms with Gasteiger partial charge in [0.25, 0.3) is 0 Å². The lowest BCUT2D eigenvalue weighted by molar-refractivity contribution is -0.120. The van der Waals surface area contributed by atoms with Crippen LogP contribution in [0.25, 0.3) is 5.69 Å². The number of aromatic nitrogens is 2. The summed E-state index contributed by atoms with van der Waals surface area (Å²) in [4.78, 5) is 16.0. The molecule has 5 heteroatoms. The van der Waals surface area contributed by atoms with E-state index in [1.165, 1.54) is 0 Å². The summed E-state index contributed by atoms with van der Waals surface area (Å²) in [6.07, 6.45) is 5.66. The third-order valence-electron chi connectivity index (χ3n) is 3.54. The first-order valence-electron chi connectivity index (χ1n) is 7.30. The van der Waals surface area contributed by atoms with Gasteiger partial charge in [-0.05, 0) is 29.3 Å². The van der Waals surface area contributed by atoms with Crippen molar-refractivity contribution in [2.75, 3.05) is 0 Å². The number of nitrogens with one attached hydrogen (secondary N) is 1. The van der Waals surface area contributed by atoms with Crippen molar-refractivity contribution in [3.63, 3.8) is 0 Å². The fourth-order valence-electron chi connectivity index (χ4n) is 2.28. The lowest BCUT2D eigenvalue weighted by Gasteiger charge is -2.08. The van der Waals surface area contributed by atoms with Crippen LogP contribution in [0.5, 0.6) is 0 Å². The highest BCUT2D eigenvalue weighted by atomic mass is 35.5. The molecular formula is C18H16ClN3O. The van der Waals surface area contributed by atoms with Gasteiger partial charge < -0.3 is 9.88 Å². The standard InChI is InChI=1S/C18H16ClN3O/c19-17-4-2-1-3-15(17)11-18(23)21-12-14-5-7-16(8-6-14)22-10-9-20-13-22/h1-10,13H,11-12H2,(H,21,23). The van der Waals surface area contributed by atoms with Crippen molar-refractivity contribution < 1.29 is 4.79 Å². The summed E-state index contributed by atoms with van der Waals surface area (Å²) in [6.45, 7) is 0.494. The minimum absolute atomic E-state index is 0.0446. The molecule has 0 spiro atoms. The monoisotopic (exact) mass is 325 g/mol. The molecule has 0 radical (unpaired) electrons. The summed E-state index contributed by atoms with van der Waals surface area (Å²) in [5.74, 6) is -0.0446. The fraction of sp³-hybridized carbons (Fsp3) is 0.111. The molecule has 0 atom stereocenters. The molecular weight excluding hydrogens is 310 g/mol. The number of hydrogen-bond donors (Lipinski definition) is 1. The molecule has 1 amide bonds. The zero-order chi connectivity index (χ0) is 16.1. The van der Waals surface area contributed by atoms with Gasteiger partial charge in [0.05, 0.1) is 12.7 Å². The van der Waals surface area contributed by atoms with Crippen molar-refractivity contribution in [3.8, 4) is 5.69 Å². The van der Waals surface area contributed by atoms with Gasteiger partial charge in [0.15, 0.2) is 0 Å². The van der Waals surface area contributed by atoms with Crippen LogP contribution in [0.1, 0.15) is 11.1 Å². The van der Waals surface area contributed by atoms with Gasteiger partial charge in [0, 0.05) is 29.6 Å². The van der Waals surface area contributed by atoms with Crippen LogP contribution in [0, 0.1) is 0 Å². The van der Waals surface area contributed by atoms with Gasteiger partial charge in [-0.15, -0.1) is 0 Å². The molecule has 1 aromatic heterocycles. The predicted molar refractivity (Wildman–Crippen MR) is 90.6 cm³/mol. The summed E-state index contributed by atoms with van der Waals surface area (Å²) in [7, 11) is 0. The van der Waals surface area contributed by atoms with Gasteiger partial charge in [-0.1, -0.05) is 41.9 Å². The summed E-state index contributed by atoms with van der Waals surface area (Å²) < 4.78 is 1.93. The topological polar surface area (TPSA) is 46.9 Å². The fourth-order valence-corrected chi connectivity index (χ4v) is 2.48. The van der Waals surface area contributed by atoms with Crippen LogP contribution in [-0.4, -0.2) is 15.5 Å². The first-order valence-corrected chi connectivity index (χ1v) is 7.67. The molecule has 0 aliphatic rings. The van der Waals surface area contributed by atoms with E-state index in [1.807, 2.05) is 53.2 Å². The van der Waals surface area contributed by atoms with Crippen molar-refractivity contribution >= 4 is 17.5 Å². The number of amides is 1. The van der Waals surface area contributed by atoms with Crippen LogP contribution in [0.2, 0.25) is 5.02 Å². The smallest absolute Gasteiger partial charge is 0.224 e. The maximum absolute atomic E-state index is 12.0. The van der Waals surface area contributed by atoms with Crippen molar-refractivity contribution in [3.05, 3.63) is 83.4 Å². The van der Waals surface area contributed by atoms with Gasteiger partial charge >= 0.3 is 0 Å². The van der Waals surface area contributed by atoms with E-state index in [4.69, 9.17) is 11.6 Å². The van der Waals surface area contributed by atoms with Crippen LogP contribution in [-0.2, 0) is 17.8 Å². The van der Waals surface area contributed by atoms with Crippen molar-refractivity contribution in [1.82, 2.24) is 14.9 Å². The second-order valence-electron chi connectivity index (χ2n) is 5.18. The number of hydrogen-bond acceptors (Lipinski definition) is 2. The summed E-state index contributed by atoms with van der Waals surface area (Å²) in [6, 6.07) is 15.4. The molecule has 116 valence electrons. The van der Waals surface area contributed by atoms with Crippen LogP contribution < -0.4 is 5.32 Å². The summed E-state index contributed by atoms with van der Waals surface area (Å²) in [5, 5.41) is 3.53. The van der Waals surface area contributed by atoms with Crippen LogP contribution in [0.15, 0.2) is 67.3 Å². The maximum Gasteiger partial charge on any atom is 0.224 e. The number of imidazole rings is 1. The second kappa shape index (κ2) is 7.11. The van der Waals surface area contributed by atoms with E-state index < -0.39 is 0 Å².